The van der Waals surface area contributed by atoms with Gasteiger partial charge in [0.05, 0.1) is 6.54 Å². The number of amides is 2. The van der Waals surface area contributed by atoms with Crippen LogP contribution in [0.5, 0.6) is 5.75 Å². The van der Waals surface area contributed by atoms with Crippen LogP contribution in [0.25, 0.3) is 0 Å². The molecule has 1 aromatic heterocycles. The van der Waals surface area contributed by atoms with Crippen LogP contribution in [0.3, 0.4) is 0 Å². The van der Waals surface area contributed by atoms with Crippen molar-refractivity contribution in [3.8, 4) is 5.75 Å². The van der Waals surface area contributed by atoms with E-state index >= 15 is 0 Å². The maximum Gasteiger partial charge on any atom is 0.317 e. The molecule has 0 spiro atoms. The van der Waals surface area contributed by atoms with Crippen molar-refractivity contribution in [2.24, 2.45) is 0 Å². The van der Waals surface area contributed by atoms with Gasteiger partial charge in [-0.05, 0) is 18.2 Å². The fraction of sp³-hybridized carbons (Fsp3) is 0.353. The minimum atomic E-state index is -0.409. The number of hydrogen-bond donors (Lipinski definition) is 1. The predicted octanol–water partition coefficient (Wildman–Crippen LogP) is 1.53. The first-order chi connectivity index (χ1) is 12.2. The van der Waals surface area contributed by atoms with E-state index in [2.05, 4.69) is 15.3 Å². The SMILES string of the molecule is O=C(NCCOc1ccccc1F)N1CCN(c2ncccn2)CC1. The molecule has 0 unspecified atom stereocenters. The first-order valence-electron chi connectivity index (χ1n) is 8.16. The molecule has 132 valence electrons. The fourth-order valence-corrected chi connectivity index (χ4v) is 2.56. The van der Waals surface area contributed by atoms with Gasteiger partial charge in [0.1, 0.15) is 6.61 Å². The maximum absolute atomic E-state index is 13.4. The number of aromatic nitrogens is 2. The average Bonchev–Trinajstić information content (AvgIpc) is 2.67. The Bertz CT molecular complexity index is 692. The highest BCUT2D eigenvalue weighted by Gasteiger charge is 2.22. The summed E-state index contributed by atoms with van der Waals surface area (Å²) in [5, 5.41) is 2.79. The quantitative estimate of drug-likeness (QED) is 0.832. The third-order valence-electron chi connectivity index (χ3n) is 3.87. The number of para-hydroxylation sites is 1. The van der Waals surface area contributed by atoms with Crippen LogP contribution in [0.1, 0.15) is 0 Å². The number of nitrogens with zero attached hydrogens (tertiary/aromatic N) is 4. The first kappa shape index (κ1) is 16.9. The molecule has 0 bridgehead atoms. The fourth-order valence-electron chi connectivity index (χ4n) is 2.56. The van der Waals surface area contributed by atoms with E-state index in [-0.39, 0.29) is 18.4 Å². The van der Waals surface area contributed by atoms with Gasteiger partial charge < -0.3 is 19.9 Å². The summed E-state index contributed by atoms with van der Waals surface area (Å²) in [5.41, 5.74) is 0. The van der Waals surface area contributed by atoms with Crippen LogP contribution < -0.4 is 15.0 Å². The average molecular weight is 345 g/mol. The van der Waals surface area contributed by atoms with E-state index in [0.717, 1.165) is 0 Å². The molecule has 0 aliphatic carbocycles. The molecule has 1 N–H and O–H groups in total. The number of halogens is 1. The van der Waals surface area contributed by atoms with Crippen molar-refractivity contribution in [2.45, 2.75) is 0 Å². The molecule has 2 amide bonds. The van der Waals surface area contributed by atoms with Crippen molar-refractivity contribution >= 4 is 12.0 Å². The smallest absolute Gasteiger partial charge is 0.317 e. The van der Waals surface area contributed by atoms with Crippen LogP contribution in [0.2, 0.25) is 0 Å². The molecular weight excluding hydrogens is 325 g/mol. The van der Waals surface area contributed by atoms with Gasteiger partial charge in [-0.2, -0.15) is 0 Å². The largest absolute Gasteiger partial charge is 0.489 e. The number of hydrogen-bond acceptors (Lipinski definition) is 5. The van der Waals surface area contributed by atoms with Crippen LogP contribution in [0.4, 0.5) is 15.1 Å². The van der Waals surface area contributed by atoms with Gasteiger partial charge in [0.25, 0.3) is 0 Å². The van der Waals surface area contributed by atoms with Crippen molar-refractivity contribution in [1.29, 1.82) is 0 Å². The Morgan fingerprint density at radius 1 is 1.12 bits per heavy atom. The zero-order valence-corrected chi connectivity index (χ0v) is 13.8. The summed E-state index contributed by atoms with van der Waals surface area (Å²) in [6, 6.07) is 7.82. The molecular formula is C17H20FN5O2. The van der Waals surface area contributed by atoms with Crippen molar-refractivity contribution in [3.05, 3.63) is 48.5 Å². The summed E-state index contributed by atoms with van der Waals surface area (Å²) >= 11 is 0. The Labute approximate surface area is 145 Å². The van der Waals surface area contributed by atoms with Crippen LogP contribution >= 0.6 is 0 Å². The molecule has 1 fully saturated rings. The second-order valence-corrected chi connectivity index (χ2v) is 5.53. The highest BCUT2D eigenvalue weighted by Crippen LogP contribution is 2.14. The van der Waals surface area contributed by atoms with Crippen molar-refractivity contribution < 1.29 is 13.9 Å². The standard InChI is InChI=1S/C17H20FN5O2/c18-14-4-1-2-5-15(14)25-13-8-21-17(24)23-11-9-22(10-12-23)16-19-6-3-7-20-16/h1-7H,8-13H2,(H,21,24). The van der Waals surface area contributed by atoms with Gasteiger partial charge in [-0.15, -0.1) is 0 Å². The lowest BCUT2D eigenvalue weighted by Crippen LogP contribution is -2.52. The van der Waals surface area contributed by atoms with E-state index in [4.69, 9.17) is 4.74 Å². The molecule has 7 nitrogen and oxygen atoms in total. The number of anilines is 1. The highest BCUT2D eigenvalue weighted by atomic mass is 19.1. The van der Waals surface area contributed by atoms with Gasteiger partial charge in [0.2, 0.25) is 5.95 Å². The monoisotopic (exact) mass is 345 g/mol. The van der Waals surface area contributed by atoms with Crippen molar-refractivity contribution in [1.82, 2.24) is 20.2 Å². The van der Waals surface area contributed by atoms with Crippen molar-refractivity contribution in [2.75, 3.05) is 44.2 Å². The van der Waals surface area contributed by atoms with Crippen LogP contribution in [0.15, 0.2) is 42.7 Å². The lowest BCUT2D eigenvalue weighted by molar-refractivity contribution is 0.191. The topological polar surface area (TPSA) is 70.6 Å². The maximum atomic E-state index is 13.4. The zero-order valence-electron chi connectivity index (χ0n) is 13.8. The molecule has 1 aliphatic rings. The van der Waals surface area contributed by atoms with Crippen molar-refractivity contribution in [3.63, 3.8) is 0 Å². The minimum Gasteiger partial charge on any atom is -0.489 e. The van der Waals surface area contributed by atoms with E-state index in [9.17, 15) is 9.18 Å². The molecule has 0 saturated carbocycles. The third-order valence-corrected chi connectivity index (χ3v) is 3.87. The molecule has 0 atom stereocenters. The molecule has 8 heteroatoms. The van der Waals surface area contributed by atoms with Gasteiger partial charge in [-0.25, -0.2) is 19.2 Å². The number of carbonyl (C=O) groups is 1. The summed E-state index contributed by atoms with van der Waals surface area (Å²) in [5.74, 6) is 0.460. The van der Waals surface area contributed by atoms with Crippen LogP contribution in [0, 0.1) is 5.82 Å². The zero-order chi connectivity index (χ0) is 17.5. The van der Waals surface area contributed by atoms with E-state index in [1.165, 1.54) is 6.07 Å². The molecule has 0 radical (unpaired) electrons. The van der Waals surface area contributed by atoms with E-state index in [0.29, 0.717) is 38.7 Å². The highest BCUT2D eigenvalue weighted by molar-refractivity contribution is 5.74. The lowest BCUT2D eigenvalue weighted by Gasteiger charge is -2.34. The van der Waals surface area contributed by atoms with E-state index in [1.807, 2.05) is 4.90 Å². The number of urea groups is 1. The molecule has 25 heavy (non-hydrogen) atoms. The van der Waals surface area contributed by atoms with E-state index < -0.39 is 5.82 Å². The predicted molar refractivity (Wildman–Crippen MR) is 91.1 cm³/mol. The third kappa shape index (κ3) is 4.56. The Balaban J connectivity index is 1.37. The number of carbonyl (C=O) groups excluding carboxylic acids is 1. The van der Waals surface area contributed by atoms with Crippen LogP contribution in [-0.2, 0) is 0 Å². The van der Waals surface area contributed by atoms with Gasteiger partial charge in [-0.3, -0.25) is 0 Å². The second-order valence-electron chi connectivity index (χ2n) is 5.53. The molecule has 1 saturated heterocycles. The minimum absolute atomic E-state index is 0.147. The van der Waals surface area contributed by atoms with Crippen LogP contribution in [-0.4, -0.2) is 60.2 Å². The number of rotatable bonds is 5. The molecule has 2 aromatic rings. The number of piperazine rings is 1. The number of ether oxygens (including phenoxy) is 1. The normalized spacial score (nSPS) is 14.3. The lowest BCUT2D eigenvalue weighted by atomic mass is 10.3. The molecule has 1 aromatic carbocycles. The van der Waals surface area contributed by atoms with E-state index in [1.54, 1.807) is 41.6 Å². The Kier molecular flexibility index (Phi) is 5.61. The summed E-state index contributed by atoms with van der Waals surface area (Å²) in [7, 11) is 0. The summed E-state index contributed by atoms with van der Waals surface area (Å²) in [4.78, 5) is 24.4. The Hall–Kier alpha value is -2.90. The summed E-state index contributed by atoms with van der Waals surface area (Å²) < 4.78 is 18.7. The first-order valence-corrected chi connectivity index (χ1v) is 8.16. The second kappa shape index (κ2) is 8.27. The van der Waals surface area contributed by atoms with Gasteiger partial charge in [-0.1, -0.05) is 12.1 Å². The van der Waals surface area contributed by atoms with Gasteiger partial charge in [0, 0.05) is 38.6 Å². The molecule has 3 rings (SSSR count). The Morgan fingerprint density at radius 3 is 2.56 bits per heavy atom. The van der Waals surface area contributed by atoms with Gasteiger partial charge >= 0.3 is 6.03 Å². The number of nitrogens with one attached hydrogen (secondary N) is 1. The number of benzene rings is 1. The summed E-state index contributed by atoms with van der Waals surface area (Å²) in [6.07, 6.45) is 3.41. The summed E-state index contributed by atoms with van der Waals surface area (Å²) in [6.45, 7) is 3.09. The molecule has 2 heterocycles. The van der Waals surface area contributed by atoms with Gasteiger partial charge in [0.15, 0.2) is 11.6 Å². The molecule has 1 aliphatic heterocycles. The Morgan fingerprint density at radius 2 is 1.84 bits per heavy atom.